The molecule has 3 amide bonds. The molecule has 0 aliphatic heterocycles. The van der Waals surface area contributed by atoms with Crippen LogP contribution >= 0.6 is 11.8 Å². The minimum Gasteiger partial charge on any atom is -0.456 e. The number of hydrogen-bond acceptors (Lipinski definition) is 6. The van der Waals surface area contributed by atoms with Gasteiger partial charge < -0.3 is 20.4 Å². The lowest BCUT2D eigenvalue weighted by atomic mass is 10.1. The van der Waals surface area contributed by atoms with Crippen molar-refractivity contribution in [2.45, 2.75) is 19.3 Å². The zero-order valence-electron chi connectivity index (χ0n) is 17.9. The molecule has 0 bridgehead atoms. The topological polar surface area (TPSA) is 130 Å². The van der Waals surface area contributed by atoms with Gasteiger partial charge in [-0.3, -0.25) is 19.2 Å². The lowest BCUT2D eigenvalue weighted by molar-refractivity contribution is -0.122. The van der Waals surface area contributed by atoms with E-state index in [1.54, 1.807) is 36.4 Å². The molecule has 174 valence electrons. The largest absolute Gasteiger partial charge is 0.456 e. The monoisotopic (exact) mass is 472 g/mol. The highest BCUT2D eigenvalue weighted by atomic mass is 35.5. The minimum absolute atomic E-state index is 0.167. The number of hydrogen-bond donors (Lipinski definition) is 4. The molecule has 0 aliphatic rings. The van der Waals surface area contributed by atoms with E-state index in [0.29, 0.717) is 53.6 Å². The molecule has 10 heteroatoms. The first-order valence-corrected chi connectivity index (χ1v) is 11.0. The molecular formula is C23H25ClN4O5. The van der Waals surface area contributed by atoms with E-state index in [2.05, 4.69) is 20.8 Å². The lowest BCUT2D eigenvalue weighted by Gasteiger charge is -2.08. The Morgan fingerprint density at radius 3 is 2.24 bits per heavy atom. The number of rotatable bonds is 11. The molecule has 0 aliphatic carbocycles. The Labute approximate surface area is 195 Å². The van der Waals surface area contributed by atoms with E-state index < -0.39 is 0 Å². The Morgan fingerprint density at radius 1 is 0.788 bits per heavy atom. The SMILES string of the molecule is O=C(CCNCl)NCCC(=O)NCCCNC(=O)c1ccc2oc3ccccc3c(=O)c2c1. The summed E-state index contributed by atoms with van der Waals surface area (Å²) in [5.41, 5.74) is 1.09. The molecule has 3 rings (SSSR count). The van der Waals surface area contributed by atoms with Crippen molar-refractivity contribution in [3.63, 3.8) is 0 Å². The zero-order valence-corrected chi connectivity index (χ0v) is 18.7. The standard InChI is InChI=1S/C23H25ClN4O5/c24-28-13-9-21(30)26-12-8-20(29)25-10-3-11-27-23(32)15-6-7-19-17(14-15)22(31)16-4-1-2-5-18(16)33-19/h1-2,4-7,14,28H,3,8-13H2,(H,25,29)(H,26,30)(H,27,32). The summed E-state index contributed by atoms with van der Waals surface area (Å²) in [6, 6.07) is 11.7. The number of carbonyl (C=O) groups excluding carboxylic acids is 3. The molecule has 0 fully saturated rings. The molecule has 2 aromatic carbocycles. The van der Waals surface area contributed by atoms with Gasteiger partial charge in [-0.15, -0.1) is 0 Å². The fourth-order valence-electron chi connectivity index (χ4n) is 3.22. The maximum absolute atomic E-state index is 12.7. The van der Waals surface area contributed by atoms with Gasteiger partial charge in [0.1, 0.15) is 11.2 Å². The third-order valence-electron chi connectivity index (χ3n) is 4.92. The van der Waals surface area contributed by atoms with Crippen LogP contribution in [0, 0.1) is 0 Å². The van der Waals surface area contributed by atoms with Gasteiger partial charge in [-0.05, 0) is 48.5 Å². The summed E-state index contributed by atoms with van der Waals surface area (Å²) in [5, 5.41) is 8.94. The van der Waals surface area contributed by atoms with Crippen molar-refractivity contribution >= 4 is 51.4 Å². The summed E-state index contributed by atoms with van der Waals surface area (Å²) in [7, 11) is 0. The van der Waals surface area contributed by atoms with Crippen molar-refractivity contribution < 1.29 is 18.8 Å². The van der Waals surface area contributed by atoms with Gasteiger partial charge in [0.2, 0.25) is 17.2 Å². The second-order valence-corrected chi connectivity index (χ2v) is 7.60. The first-order valence-electron chi connectivity index (χ1n) is 10.6. The predicted molar refractivity (Wildman–Crippen MR) is 126 cm³/mol. The van der Waals surface area contributed by atoms with Crippen molar-refractivity contribution in [1.29, 1.82) is 0 Å². The van der Waals surface area contributed by atoms with Crippen LogP contribution in [-0.4, -0.2) is 43.9 Å². The molecule has 1 heterocycles. The Morgan fingerprint density at radius 2 is 1.45 bits per heavy atom. The zero-order chi connectivity index (χ0) is 23.6. The van der Waals surface area contributed by atoms with E-state index in [-0.39, 0.29) is 42.5 Å². The van der Waals surface area contributed by atoms with Crippen molar-refractivity contribution in [3.8, 4) is 0 Å². The fourth-order valence-corrected chi connectivity index (χ4v) is 3.31. The lowest BCUT2D eigenvalue weighted by Crippen LogP contribution is -2.33. The Kier molecular flexibility index (Phi) is 8.79. The summed E-state index contributed by atoms with van der Waals surface area (Å²) in [6.45, 7) is 1.34. The van der Waals surface area contributed by atoms with Crippen molar-refractivity contribution in [2.75, 3.05) is 26.2 Å². The van der Waals surface area contributed by atoms with Crippen molar-refractivity contribution in [3.05, 3.63) is 58.3 Å². The molecule has 4 N–H and O–H groups in total. The highest BCUT2D eigenvalue weighted by Crippen LogP contribution is 2.19. The summed E-state index contributed by atoms with van der Waals surface area (Å²) >= 11 is 5.28. The van der Waals surface area contributed by atoms with Gasteiger partial charge in [0.25, 0.3) is 5.91 Å². The molecule has 0 spiro atoms. The van der Waals surface area contributed by atoms with E-state index in [4.69, 9.17) is 16.2 Å². The molecule has 0 radical (unpaired) electrons. The number of fused-ring (bicyclic) bond motifs is 2. The summed E-state index contributed by atoms with van der Waals surface area (Å²) < 4.78 is 5.75. The van der Waals surface area contributed by atoms with E-state index in [1.807, 2.05) is 0 Å². The Bertz CT molecular complexity index is 1210. The average Bonchev–Trinajstić information content (AvgIpc) is 2.82. The van der Waals surface area contributed by atoms with Crippen LogP contribution in [0.25, 0.3) is 21.9 Å². The van der Waals surface area contributed by atoms with E-state index in [1.165, 1.54) is 6.07 Å². The van der Waals surface area contributed by atoms with Gasteiger partial charge in [0, 0.05) is 44.6 Å². The molecular weight excluding hydrogens is 448 g/mol. The van der Waals surface area contributed by atoms with Gasteiger partial charge in [0.05, 0.1) is 10.8 Å². The van der Waals surface area contributed by atoms with Crippen LogP contribution in [0.1, 0.15) is 29.6 Å². The second kappa shape index (κ2) is 12.0. The Hall–Kier alpha value is -3.43. The van der Waals surface area contributed by atoms with Crippen LogP contribution in [0.5, 0.6) is 0 Å². The third kappa shape index (κ3) is 6.77. The van der Waals surface area contributed by atoms with Gasteiger partial charge in [-0.2, -0.15) is 0 Å². The first kappa shape index (κ1) is 24.2. The number of amides is 3. The van der Waals surface area contributed by atoms with Crippen LogP contribution in [0.3, 0.4) is 0 Å². The molecule has 9 nitrogen and oxygen atoms in total. The number of benzene rings is 2. The molecule has 3 aromatic rings. The number of para-hydroxylation sites is 1. The quantitative estimate of drug-likeness (QED) is 0.191. The molecule has 0 saturated heterocycles. The van der Waals surface area contributed by atoms with E-state index in [9.17, 15) is 19.2 Å². The van der Waals surface area contributed by atoms with Crippen LogP contribution in [0.15, 0.2) is 51.7 Å². The maximum Gasteiger partial charge on any atom is 0.251 e. The summed E-state index contributed by atoms with van der Waals surface area (Å²) in [5.74, 6) is -0.686. The van der Waals surface area contributed by atoms with Crippen molar-refractivity contribution in [2.24, 2.45) is 0 Å². The van der Waals surface area contributed by atoms with Crippen LogP contribution in [0.4, 0.5) is 0 Å². The van der Waals surface area contributed by atoms with E-state index in [0.717, 1.165) is 0 Å². The fraction of sp³-hybridized carbons (Fsp3) is 0.304. The minimum atomic E-state index is -0.315. The van der Waals surface area contributed by atoms with Crippen LogP contribution < -0.4 is 26.2 Å². The summed E-state index contributed by atoms with van der Waals surface area (Å²) in [4.78, 5) is 50.7. The molecule has 0 saturated carbocycles. The van der Waals surface area contributed by atoms with Crippen LogP contribution in [-0.2, 0) is 9.59 Å². The van der Waals surface area contributed by atoms with Gasteiger partial charge >= 0.3 is 0 Å². The highest BCUT2D eigenvalue weighted by Gasteiger charge is 2.11. The maximum atomic E-state index is 12.7. The van der Waals surface area contributed by atoms with Crippen LogP contribution in [0.2, 0.25) is 0 Å². The highest BCUT2D eigenvalue weighted by molar-refractivity contribution is 6.13. The van der Waals surface area contributed by atoms with Gasteiger partial charge in [-0.25, -0.2) is 4.84 Å². The van der Waals surface area contributed by atoms with Gasteiger partial charge in [-0.1, -0.05) is 12.1 Å². The summed E-state index contributed by atoms with van der Waals surface area (Å²) in [6.07, 6.45) is 0.940. The average molecular weight is 473 g/mol. The number of halogens is 1. The second-order valence-electron chi connectivity index (χ2n) is 7.33. The van der Waals surface area contributed by atoms with E-state index >= 15 is 0 Å². The van der Waals surface area contributed by atoms with Crippen molar-refractivity contribution in [1.82, 2.24) is 20.8 Å². The molecule has 0 atom stereocenters. The first-order chi connectivity index (χ1) is 16.0. The smallest absolute Gasteiger partial charge is 0.251 e. The predicted octanol–water partition coefficient (Wildman–Crippen LogP) is 1.82. The third-order valence-corrected chi connectivity index (χ3v) is 5.11. The van der Waals surface area contributed by atoms with Gasteiger partial charge in [0.15, 0.2) is 0 Å². The molecule has 33 heavy (non-hydrogen) atoms. The molecule has 1 aromatic heterocycles. The Balaban J connectivity index is 1.42. The molecule has 0 unspecified atom stereocenters. The number of nitrogens with one attached hydrogen (secondary N) is 4. The normalized spacial score (nSPS) is 10.8. The number of carbonyl (C=O) groups is 3.